The molecule has 9 heteroatoms. The molecule has 0 fully saturated rings. The average molecular weight is 354 g/mol. The van der Waals surface area contributed by atoms with Crippen LogP contribution in [0.4, 0.5) is 0 Å². The van der Waals surface area contributed by atoms with Crippen molar-refractivity contribution in [2.24, 2.45) is 7.05 Å². The highest BCUT2D eigenvalue weighted by atomic mass is 32.2. The average Bonchev–Trinajstić information content (AvgIpc) is 3.27. The highest BCUT2D eigenvalue weighted by Gasteiger charge is 2.15. The molecule has 1 aromatic carbocycles. The number of furan rings is 1. The summed E-state index contributed by atoms with van der Waals surface area (Å²) in [5.41, 5.74) is 0.596. The molecule has 126 valence electrons. The van der Waals surface area contributed by atoms with Gasteiger partial charge in [-0.3, -0.25) is 9.36 Å². The Balaban J connectivity index is 1.63. The van der Waals surface area contributed by atoms with Gasteiger partial charge in [0.15, 0.2) is 5.76 Å². The maximum absolute atomic E-state index is 12.4. The van der Waals surface area contributed by atoms with Crippen molar-refractivity contribution < 1.29 is 4.42 Å². The summed E-state index contributed by atoms with van der Waals surface area (Å²) in [5.74, 6) is 8.09. The molecule has 4 aromatic rings. The first-order chi connectivity index (χ1) is 12.1. The van der Waals surface area contributed by atoms with Crippen LogP contribution in [0.2, 0.25) is 0 Å². The van der Waals surface area contributed by atoms with Crippen LogP contribution in [0.3, 0.4) is 0 Å². The monoisotopic (exact) mass is 354 g/mol. The zero-order valence-corrected chi connectivity index (χ0v) is 14.1. The molecular weight excluding hydrogens is 340 g/mol. The summed E-state index contributed by atoms with van der Waals surface area (Å²) < 4.78 is 8.19. The van der Waals surface area contributed by atoms with Crippen molar-refractivity contribution in [3.05, 3.63) is 58.8 Å². The van der Waals surface area contributed by atoms with Gasteiger partial charge >= 0.3 is 0 Å². The van der Waals surface area contributed by atoms with E-state index in [1.165, 1.54) is 16.4 Å². The third-order valence-electron chi connectivity index (χ3n) is 3.81. The molecule has 0 aliphatic carbocycles. The Bertz CT molecular complexity index is 1100. The fourth-order valence-corrected chi connectivity index (χ4v) is 3.31. The van der Waals surface area contributed by atoms with Crippen molar-refractivity contribution in [1.29, 1.82) is 0 Å². The van der Waals surface area contributed by atoms with Crippen molar-refractivity contribution in [2.75, 3.05) is 5.84 Å². The molecule has 0 saturated carbocycles. The van der Waals surface area contributed by atoms with E-state index in [0.717, 1.165) is 0 Å². The van der Waals surface area contributed by atoms with Crippen molar-refractivity contribution in [2.45, 2.75) is 10.9 Å². The van der Waals surface area contributed by atoms with Crippen molar-refractivity contribution in [1.82, 2.24) is 24.4 Å². The van der Waals surface area contributed by atoms with E-state index >= 15 is 0 Å². The van der Waals surface area contributed by atoms with Gasteiger partial charge in [-0.1, -0.05) is 23.9 Å². The third kappa shape index (κ3) is 2.68. The van der Waals surface area contributed by atoms with E-state index in [-0.39, 0.29) is 5.56 Å². The molecule has 0 spiro atoms. The fraction of sp³-hybridized carbons (Fsp3) is 0.125. The number of para-hydroxylation sites is 1. The summed E-state index contributed by atoms with van der Waals surface area (Å²) in [7, 11) is 1.71. The first-order valence-electron chi connectivity index (χ1n) is 7.47. The zero-order valence-electron chi connectivity index (χ0n) is 13.3. The second-order valence-electron chi connectivity index (χ2n) is 5.35. The predicted octanol–water partition coefficient (Wildman–Crippen LogP) is 1.79. The van der Waals surface area contributed by atoms with Crippen LogP contribution in [0.25, 0.3) is 22.5 Å². The van der Waals surface area contributed by atoms with Crippen LogP contribution in [0.5, 0.6) is 0 Å². The fourth-order valence-electron chi connectivity index (χ4n) is 2.47. The topological polar surface area (TPSA) is 105 Å². The molecule has 0 atom stereocenters. The van der Waals surface area contributed by atoms with Crippen LogP contribution in [0.1, 0.15) is 5.82 Å². The summed E-state index contributed by atoms with van der Waals surface area (Å²) in [6, 6.07) is 10.8. The molecule has 0 radical (unpaired) electrons. The number of thioether (sulfide) groups is 1. The number of nitrogens with zero attached hydrogens (tertiary/aromatic N) is 5. The van der Waals surface area contributed by atoms with Crippen molar-refractivity contribution in [3.8, 4) is 11.6 Å². The van der Waals surface area contributed by atoms with E-state index in [1.54, 1.807) is 36.1 Å². The SMILES string of the molecule is Cn1c(CSc2nnc(-c3ccco3)n2N)nc2ccccc2c1=O. The summed E-state index contributed by atoms with van der Waals surface area (Å²) >= 11 is 1.35. The standard InChI is InChI=1S/C16H14N6O2S/c1-21-13(18-11-6-3-2-5-10(11)15(21)23)9-25-16-20-19-14(22(16)17)12-7-4-8-24-12/h2-8H,9,17H2,1H3. The summed E-state index contributed by atoms with van der Waals surface area (Å²) in [4.78, 5) is 17.0. The van der Waals surface area contributed by atoms with E-state index in [0.29, 0.717) is 39.2 Å². The molecule has 8 nitrogen and oxygen atoms in total. The first kappa shape index (κ1) is 15.5. The lowest BCUT2D eigenvalue weighted by molar-refractivity contribution is 0.574. The lowest BCUT2D eigenvalue weighted by Gasteiger charge is -2.08. The number of nitrogens with two attached hydrogens (primary N) is 1. The van der Waals surface area contributed by atoms with Gasteiger partial charge in [-0.2, -0.15) is 0 Å². The van der Waals surface area contributed by atoms with Gasteiger partial charge in [0.1, 0.15) is 5.82 Å². The quantitative estimate of drug-likeness (QED) is 0.440. The van der Waals surface area contributed by atoms with Gasteiger partial charge in [0.25, 0.3) is 5.56 Å². The minimum Gasteiger partial charge on any atom is -0.461 e. The molecule has 4 rings (SSSR count). The Morgan fingerprint density at radius 1 is 1.20 bits per heavy atom. The van der Waals surface area contributed by atoms with Gasteiger partial charge in [0.05, 0.1) is 22.9 Å². The molecule has 0 aliphatic rings. The van der Waals surface area contributed by atoms with Crippen molar-refractivity contribution >= 4 is 22.7 Å². The van der Waals surface area contributed by atoms with Gasteiger partial charge in [-0.25, -0.2) is 9.66 Å². The predicted molar refractivity (Wildman–Crippen MR) is 94.4 cm³/mol. The first-order valence-corrected chi connectivity index (χ1v) is 8.45. The molecule has 2 N–H and O–H groups in total. The lowest BCUT2D eigenvalue weighted by atomic mass is 10.2. The zero-order chi connectivity index (χ0) is 17.4. The smallest absolute Gasteiger partial charge is 0.261 e. The third-order valence-corrected chi connectivity index (χ3v) is 4.75. The Kier molecular flexibility index (Phi) is 3.77. The Morgan fingerprint density at radius 2 is 2.04 bits per heavy atom. The molecule has 0 bridgehead atoms. The van der Waals surface area contributed by atoms with Crippen LogP contribution < -0.4 is 11.4 Å². The normalized spacial score (nSPS) is 11.2. The summed E-state index contributed by atoms with van der Waals surface area (Å²) in [5, 5.41) is 9.23. The van der Waals surface area contributed by atoms with Crippen molar-refractivity contribution in [3.63, 3.8) is 0 Å². The van der Waals surface area contributed by atoms with Gasteiger partial charge in [-0.05, 0) is 24.3 Å². The van der Waals surface area contributed by atoms with E-state index in [4.69, 9.17) is 10.3 Å². The lowest BCUT2D eigenvalue weighted by Crippen LogP contribution is -2.22. The molecule has 3 heterocycles. The van der Waals surface area contributed by atoms with Crippen LogP contribution in [0.15, 0.2) is 57.0 Å². The maximum Gasteiger partial charge on any atom is 0.261 e. The minimum atomic E-state index is -0.0771. The number of hydrogen-bond donors (Lipinski definition) is 1. The van der Waals surface area contributed by atoms with Crippen LogP contribution >= 0.6 is 11.8 Å². The van der Waals surface area contributed by atoms with Crippen LogP contribution in [0, 0.1) is 0 Å². The Labute approximate surface area is 146 Å². The second-order valence-corrected chi connectivity index (χ2v) is 6.29. The minimum absolute atomic E-state index is 0.0771. The van der Waals surface area contributed by atoms with Gasteiger partial charge in [0.2, 0.25) is 11.0 Å². The molecule has 25 heavy (non-hydrogen) atoms. The molecule has 0 amide bonds. The van der Waals surface area contributed by atoms with E-state index in [2.05, 4.69) is 15.2 Å². The highest BCUT2D eigenvalue weighted by molar-refractivity contribution is 7.98. The van der Waals surface area contributed by atoms with E-state index < -0.39 is 0 Å². The molecule has 3 aromatic heterocycles. The highest BCUT2D eigenvalue weighted by Crippen LogP contribution is 2.24. The van der Waals surface area contributed by atoms with Crippen LogP contribution in [-0.4, -0.2) is 24.4 Å². The number of hydrogen-bond acceptors (Lipinski definition) is 7. The van der Waals surface area contributed by atoms with Gasteiger partial charge in [-0.15, -0.1) is 10.2 Å². The largest absolute Gasteiger partial charge is 0.461 e. The maximum atomic E-state index is 12.4. The number of aromatic nitrogens is 5. The number of rotatable bonds is 4. The van der Waals surface area contributed by atoms with E-state index in [9.17, 15) is 4.79 Å². The van der Waals surface area contributed by atoms with Crippen LogP contribution in [-0.2, 0) is 12.8 Å². The van der Waals surface area contributed by atoms with Gasteiger partial charge in [0, 0.05) is 7.05 Å². The Morgan fingerprint density at radius 3 is 2.84 bits per heavy atom. The van der Waals surface area contributed by atoms with Gasteiger partial charge < -0.3 is 10.3 Å². The molecule has 0 aliphatic heterocycles. The number of fused-ring (bicyclic) bond motifs is 1. The molecular formula is C16H14N6O2S. The molecule has 0 saturated heterocycles. The van der Waals surface area contributed by atoms with E-state index in [1.807, 2.05) is 18.2 Å². The number of benzene rings is 1. The second kappa shape index (κ2) is 6.10. The number of nitrogen functional groups attached to an aromatic ring is 1. The summed E-state index contributed by atoms with van der Waals surface area (Å²) in [6.45, 7) is 0. The molecule has 0 unspecified atom stereocenters. The summed E-state index contributed by atoms with van der Waals surface area (Å²) in [6.07, 6.45) is 1.55. The Hall–Kier alpha value is -3.07.